The van der Waals surface area contributed by atoms with E-state index < -0.39 is 59.6 Å². The summed E-state index contributed by atoms with van der Waals surface area (Å²) < 4.78 is 76.0. The molecule has 3 rings (SSSR count). The Labute approximate surface area is 248 Å². The summed E-state index contributed by atoms with van der Waals surface area (Å²) in [7, 11) is -4.60. The Morgan fingerprint density at radius 2 is 1.80 bits per heavy atom. The fourth-order valence-electron chi connectivity index (χ4n) is 5.25. The van der Waals surface area contributed by atoms with E-state index in [2.05, 4.69) is 35.6 Å². The predicted molar refractivity (Wildman–Crippen MR) is 161 cm³/mol. The van der Waals surface area contributed by atoms with Gasteiger partial charge in [0.2, 0.25) is 5.96 Å². The van der Waals surface area contributed by atoms with Gasteiger partial charge in [-0.25, -0.2) is 22.9 Å². The molecule has 1 unspecified atom stereocenters. The van der Waals surface area contributed by atoms with Gasteiger partial charge in [0.25, 0.3) is 5.91 Å². The molecule has 0 saturated heterocycles. The normalized spacial score (nSPS) is 22.2. The number of hydrogen-bond donors (Lipinski definition) is 1. The first kappa shape index (κ1) is 33.2. The number of aliphatic imine (C=N–C) groups is 1. The lowest BCUT2D eigenvalue weighted by atomic mass is 10.00. The highest BCUT2D eigenvalue weighted by atomic mass is 79.9. The molecule has 14 heteroatoms. The third-order valence-corrected chi connectivity index (χ3v) is 16.3. The van der Waals surface area contributed by atoms with Crippen LogP contribution in [0.5, 0.6) is 0 Å². The van der Waals surface area contributed by atoms with E-state index >= 15 is 4.39 Å². The zero-order chi connectivity index (χ0) is 30.8. The number of pyridine rings is 1. The van der Waals surface area contributed by atoms with Crippen molar-refractivity contribution in [1.82, 2.24) is 14.6 Å². The summed E-state index contributed by atoms with van der Waals surface area (Å²) in [5, 5.41) is 3.18. The van der Waals surface area contributed by atoms with E-state index in [4.69, 9.17) is 0 Å². The first-order valence-corrected chi connectivity index (χ1v) is 18.5. The second-order valence-corrected chi connectivity index (χ2v) is 18.8. The number of carbonyl (C=O) groups excluding carboxylic acids is 1. The smallest absolute Gasteiger partial charge is 0.292 e. The van der Waals surface area contributed by atoms with Crippen LogP contribution >= 0.6 is 15.9 Å². The molecule has 0 fully saturated rings. The minimum absolute atomic E-state index is 0.0972. The van der Waals surface area contributed by atoms with Crippen LogP contribution in [0.1, 0.15) is 57.1 Å². The molecule has 1 aromatic carbocycles. The molecule has 0 bridgehead atoms. The van der Waals surface area contributed by atoms with E-state index in [0.29, 0.717) is 9.79 Å². The molecule has 0 radical (unpaired) electrons. The van der Waals surface area contributed by atoms with Crippen LogP contribution in [0.2, 0.25) is 18.1 Å². The molecule has 226 valence electrons. The highest BCUT2D eigenvalue weighted by Gasteiger charge is 2.45. The van der Waals surface area contributed by atoms with Crippen LogP contribution in [0.3, 0.4) is 0 Å². The second-order valence-electron chi connectivity index (χ2n) is 10.5. The third kappa shape index (κ3) is 7.19. The number of nitrogens with one attached hydrogen (secondary N) is 1. The number of amides is 1. The second kappa shape index (κ2) is 12.5. The van der Waals surface area contributed by atoms with Crippen molar-refractivity contribution in [2.24, 2.45) is 9.36 Å². The van der Waals surface area contributed by atoms with Crippen LogP contribution in [0.25, 0.3) is 0 Å². The van der Waals surface area contributed by atoms with Gasteiger partial charge in [-0.05, 0) is 53.2 Å². The van der Waals surface area contributed by atoms with Crippen LogP contribution < -0.4 is 10.5 Å². The number of hydrogen-bond acceptors (Lipinski definition) is 5. The van der Waals surface area contributed by atoms with E-state index in [1.54, 1.807) is 36.4 Å². The molecule has 7 nitrogen and oxygen atoms in total. The summed E-state index contributed by atoms with van der Waals surface area (Å²) in [5.74, 6) is -1.78. The summed E-state index contributed by atoms with van der Waals surface area (Å²) in [6.45, 7) is 8.85. The molecular formula is C27H36BrF4N5O2SSi. The maximum absolute atomic E-state index is 16.5. The van der Waals surface area contributed by atoms with Crippen molar-refractivity contribution in [2.75, 3.05) is 12.8 Å². The van der Waals surface area contributed by atoms with Crippen LogP contribution in [0, 0.1) is 5.82 Å². The number of nitrogens with zero attached hydrogens (tertiary/aromatic N) is 4. The molecule has 3 atom stereocenters. The highest BCUT2D eigenvalue weighted by Crippen LogP contribution is 2.36. The quantitative estimate of drug-likeness (QED) is 0.200. The van der Waals surface area contributed by atoms with Gasteiger partial charge in [-0.15, -0.1) is 0 Å². The van der Waals surface area contributed by atoms with Gasteiger partial charge in [-0.3, -0.25) is 14.4 Å². The Morgan fingerprint density at radius 3 is 2.34 bits per heavy atom. The first-order valence-electron chi connectivity index (χ1n) is 13.4. The molecule has 0 aliphatic carbocycles. The molecule has 2 aromatic rings. The van der Waals surface area contributed by atoms with Crippen molar-refractivity contribution in [3.8, 4) is 0 Å². The van der Waals surface area contributed by atoms with Gasteiger partial charge in [-0.2, -0.15) is 13.2 Å². The zero-order valence-corrected chi connectivity index (χ0v) is 27.4. The summed E-state index contributed by atoms with van der Waals surface area (Å²) in [6.07, 6.45) is -5.82. The third-order valence-electron chi connectivity index (χ3n) is 7.72. The number of aromatic nitrogens is 1. The zero-order valence-electron chi connectivity index (χ0n) is 24.0. The number of guanidine groups is 1. The fraction of sp³-hybridized carbons (Fsp3) is 0.519. The van der Waals surface area contributed by atoms with Gasteiger partial charge in [0, 0.05) is 12.6 Å². The topological polar surface area (TPSA) is 87.0 Å². The lowest BCUT2D eigenvalue weighted by Crippen LogP contribution is -2.55. The lowest BCUT2D eigenvalue weighted by molar-refractivity contribution is -0.136. The Morgan fingerprint density at radius 1 is 1.22 bits per heavy atom. The standard InChI is InChI=1S/C27H36BrF4N5O2SSi/c1-7-41(8-2,9-3)20-15-21(28)33-23(22(20)29)26(5)17-40(39,36-18(4)16-27(30,31)32)37(6)25(35-26)34-24(38)19-13-11-10-12-14-19/h10-15,18H,7-9,16-17H2,1-6H3,(H,34,35,38)/t18?,26-,40-/m0/s1. The van der Waals surface area contributed by atoms with E-state index in [-0.39, 0.29) is 17.2 Å². The van der Waals surface area contributed by atoms with Crippen molar-refractivity contribution in [1.29, 1.82) is 0 Å². The van der Waals surface area contributed by atoms with Crippen molar-refractivity contribution in [2.45, 2.75) is 76.9 Å². The Balaban J connectivity index is 2.26. The summed E-state index contributed by atoms with van der Waals surface area (Å²) in [6, 6.07) is 10.9. The maximum Gasteiger partial charge on any atom is 0.391 e. The fourth-order valence-corrected chi connectivity index (χ4v) is 11.9. The van der Waals surface area contributed by atoms with Crippen LogP contribution in [-0.2, 0) is 15.5 Å². The van der Waals surface area contributed by atoms with Gasteiger partial charge in [0.15, 0.2) is 0 Å². The van der Waals surface area contributed by atoms with Crippen molar-refractivity contribution < 1.29 is 26.6 Å². The monoisotopic (exact) mass is 677 g/mol. The molecule has 1 N–H and O–H groups in total. The largest absolute Gasteiger partial charge is 0.391 e. The molecule has 1 aromatic heterocycles. The average Bonchev–Trinajstić information content (AvgIpc) is 2.89. The van der Waals surface area contributed by atoms with Gasteiger partial charge in [0.1, 0.15) is 31.6 Å². The van der Waals surface area contributed by atoms with Gasteiger partial charge in [0.05, 0.1) is 26.3 Å². The minimum Gasteiger partial charge on any atom is -0.292 e. The average molecular weight is 679 g/mol. The van der Waals surface area contributed by atoms with E-state index in [9.17, 15) is 22.2 Å². The number of rotatable bonds is 8. The maximum atomic E-state index is 16.5. The minimum atomic E-state index is -4.53. The molecule has 41 heavy (non-hydrogen) atoms. The van der Waals surface area contributed by atoms with Crippen molar-refractivity contribution in [3.63, 3.8) is 0 Å². The molecule has 0 saturated carbocycles. The predicted octanol–water partition coefficient (Wildman–Crippen LogP) is 6.37. The van der Waals surface area contributed by atoms with E-state index in [0.717, 1.165) is 22.4 Å². The first-order chi connectivity index (χ1) is 19.0. The van der Waals surface area contributed by atoms with E-state index in [1.165, 1.54) is 20.9 Å². The van der Waals surface area contributed by atoms with Gasteiger partial charge < -0.3 is 0 Å². The van der Waals surface area contributed by atoms with Crippen LogP contribution in [0.15, 0.2) is 50.4 Å². The summed E-state index contributed by atoms with van der Waals surface area (Å²) in [5.41, 5.74) is -1.44. The van der Waals surface area contributed by atoms with Crippen LogP contribution in [0.4, 0.5) is 17.6 Å². The molecule has 1 amide bonds. The number of benzene rings is 1. The Kier molecular flexibility index (Phi) is 10.1. The van der Waals surface area contributed by atoms with Crippen molar-refractivity contribution >= 4 is 51.0 Å². The molecule has 0 spiro atoms. The lowest BCUT2D eigenvalue weighted by Gasteiger charge is -2.39. The number of alkyl halides is 3. The van der Waals surface area contributed by atoms with Gasteiger partial charge >= 0.3 is 6.18 Å². The van der Waals surface area contributed by atoms with Crippen molar-refractivity contribution in [3.05, 3.63) is 58.1 Å². The molecular weight excluding hydrogens is 642 g/mol. The van der Waals surface area contributed by atoms with E-state index in [1.807, 2.05) is 20.8 Å². The van der Waals surface area contributed by atoms with Gasteiger partial charge in [-0.1, -0.05) is 57.1 Å². The summed E-state index contributed by atoms with van der Waals surface area (Å²) >= 11 is 3.41. The number of carbonyl (C=O) groups is 1. The Hall–Kier alpha value is -2.32. The number of halogens is 5. The molecule has 1 aliphatic heterocycles. The van der Waals surface area contributed by atoms with Crippen LogP contribution in [-0.4, -0.2) is 58.5 Å². The SMILES string of the molecule is CC[Si](CC)(CC)c1cc(Br)nc([C@]2(C)C[S@](=O)(=NC(C)CC(F)(F)F)N(C)C(NC(=O)c3ccccc3)=N2)c1F. The Bertz CT molecular complexity index is 1420. The molecule has 1 aliphatic rings. The highest BCUT2D eigenvalue weighted by molar-refractivity contribution is 9.10. The molecule has 2 heterocycles. The summed E-state index contributed by atoms with van der Waals surface area (Å²) in [4.78, 5) is 22.1.